The maximum atomic E-state index is 12.8. The Morgan fingerprint density at radius 3 is 2.48 bits per heavy atom. The minimum Gasteiger partial charge on any atom is -0.272 e. The van der Waals surface area contributed by atoms with Crippen molar-refractivity contribution in [3.63, 3.8) is 0 Å². The van der Waals surface area contributed by atoms with E-state index < -0.39 is 15.9 Å². The van der Waals surface area contributed by atoms with Crippen molar-refractivity contribution in [1.82, 2.24) is 9.73 Å². The second-order valence-electron chi connectivity index (χ2n) is 6.24. The molecule has 0 radical (unpaired) electrons. The summed E-state index contributed by atoms with van der Waals surface area (Å²) in [6.45, 7) is -0.381. The first-order chi connectivity index (χ1) is 13.8. The number of amides is 1. The summed E-state index contributed by atoms with van der Waals surface area (Å²) in [6, 6.07) is 17.2. The van der Waals surface area contributed by atoms with Crippen molar-refractivity contribution in [2.75, 3.05) is 13.6 Å². The smallest absolute Gasteiger partial charge is 0.255 e. The van der Waals surface area contributed by atoms with Gasteiger partial charge in [0.05, 0.1) is 27.7 Å². The number of halogens is 2. The van der Waals surface area contributed by atoms with Crippen LogP contribution in [0.25, 0.3) is 10.8 Å². The standard InChI is InChI=1S/C20H17Cl2N3O3S/c1-25(13-20(26)24-23-12-14-6-9-18(21)19(22)10-14)29(27,28)17-8-7-15-4-2-3-5-16(15)11-17/h2-12H,13H2,1H3,(H,24,26)/b23-12+. The van der Waals surface area contributed by atoms with Crippen molar-refractivity contribution >= 4 is 56.1 Å². The summed E-state index contributed by atoms with van der Waals surface area (Å²) in [5.74, 6) is -0.576. The Kier molecular flexibility index (Phi) is 6.54. The van der Waals surface area contributed by atoms with Gasteiger partial charge in [-0.05, 0) is 40.6 Å². The molecule has 0 heterocycles. The lowest BCUT2D eigenvalue weighted by molar-refractivity contribution is -0.121. The average Bonchev–Trinajstić information content (AvgIpc) is 2.70. The number of carbonyl (C=O) groups excluding carboxylic acids is 1. The fourth-order valence-electron chi connectivity index (χ4n) is 2.60. The molecule has 29 heavy (non-hydrogen) atoms. The number of hydrogen-bond acceptors (Lipinski definition) is 4. The number of hydrazone groups is 1. The van der Waals surface area contributed by atoms with Crippen LogP contribution in [0, 0.1) is 0 Å². The molecule has 9 heteroatoms. The number of sulfonamides is 1. The van der Waals surface area contributed by atoms with Gasteiger partial charge in [-0.3, -0.25) is 4.79 Å². The third-order valence-corrected chi connectivity index (χ3v) is 6.68. The third-order valence-electron chi connectivity index (χ3n) is 4.14. The molecule has 6 nitrogen and oxygen atoms in total. The molecule has 0 aliphatic rings. The quantitative estimate of drug-likeness (QED) is 0.457. The molecule has 0 fully saturated rings. The van der Waals surface area contributed by atoms with Gasteiger partial charge >= 0.3 is 0 Å². The first-order valence-electron chi connectivity index (χ1n) is 8.49. The van der Waals surface area contributed by atoms with Crippen LogP contribution in [-0.4, -0.2) is 38.4 Å². The zero-order valence-electron chi connectivity index (χ0n) is 15.3. The molecule has 150 valence electrons. The van der Waals surface area contributed by atoms with Crippen LogP contribution in [0.3, 0.4) is 0 Å². The minimum absolute atomic E-state index is 0.116. The summed E-state index contributed by atoms with van der Waals surface area (Å²) in [5.41, 5.74) is 2.93. The molecule has 0 unspecified atom stereocenters. The lowest BCUT2D eigenvalue weighted by atomic mass is 10.1. The maximum absolute atomic E-state index is 12.8. The molecule has 0 bridgehead atoms. The van der Waals surface area contributed by atoms with Gasteiger partial charge in [0, 0.05) is 7.05 Å². The van der Waals surface area contributed by atoms with Crippen molar-refractivity contribution in [2.24, 2.45) is 5.10 Å². The fraction of sp³-hybridized carbons (Fsp3) is 0.100. The second kappa shape index (κ2) is 8.92. The molecule has 0 aliphatic heterocycles. The Hall–Kier alpha value is -2.45. The molecule has 0 saturated heterocycles. The predicted octanol–water partition coefficient (Wildman–Crippen LogP) is 3.92. The van der Waals surface area contributed by atoms with Crippen LogP contribution in [0.1, 0.15) is 5.56 Å². The summed E-state index contributed by atoms with van der Waals surface area (Å²) in [5, 5.41) is 6.33. The van der Waals surface area contributed by atoms with E-state index in [4.69, 9.17) is 23.2 Å². The summed E-state index contributed by atoms with van der Waals surface area (Å²) in [7, 11) is -2.48. The van der Waals surface area contributed by atoms with Crippen LogP contribution >= 0.6 is 23.2 Å². The molecule has 3 aromatic rings. The zero-order chi connectivity index (χ0) is 21.0. The van der Waals surface area contributed by atoms with E-state index in [1.165, 1.54) is 19.3 Å². The molecule has 1 amide bonds. The Bertz CT molecular complexity index is 1200. The van der Waals surface area contributed by atoms with Gasteiger partial charge in [-0.25, -0.2) is 13.8 Å². The van der Waals surface area contributed by atoms with E-state index in [2.05, 4.69) is 10.5 Å². The van der Waals surface area contributed by atoms with E-state index in [0.717, 1.165) is 15.1 Å². The highest BCUT2D eigenvalue weighted by atomic mass is 35.5. The van der Waals surface area contributed by atoms with Gasteiger partial charge in [0.25, 0.3) is 5.91 Å². The largest absolute Gasteiger partial charge is 0.272 e. The highest BCUT2D eigenvalue weighted by molar-refractivity contribution is 7.89. The number of fused-ring (bicyclic) bond motifs is 1. The molecule has 0 aromatic heterocycles. The molecule has 1 N–H and O–H groups in total. The Morgan fingerprint density at radius 1 is 1.03 bits per heavy atom. The number of carbonyl (C=O) groups is 1. The predicted molar refractivity (Wildman–Crippen MR) is 116 cm³/mol. The normalized spacial score (nSPS) is 12.0. The molecule has 0 aliphatic carbocycles. The Morgan fingerprint density at radius 2 is 1.76 bits per heavy atom. The highest BCUT2D eigenvalue weighted by Gasteiger charge is 2.23. The van der Waals surface area contributed by atoms with Crippen LogP contribution in [0.2, 0.25) is 10.0 Å². The van der Waals surface area contributed by atoms with Gasteiger partial charge in [0.1, 0.15) is 0 Å². The Balaban J connectivity index is 1.65. The molecule has 0 atom stereocenters. The molecular weight excluding hydrogens is 433 g/mol. The molecular formula is C20H17Cl2N3O3S. The van der Waals surface area contributed by atoms with E-state index in [1.807, 2.05) is 24.3 Å². The van der Waals surface area contributed by atoms with Crippen LogP contribution in [0.15, 0.2) is 70.7 Å². The third kappa shape index (κ3) is 5.13. The molecule has 3 rings (SSSR count). The van der Waals surface area contributed by atoms with Gasteiger partial charge in [-0.2, -0.15) is 9.41 Å². The molecule has 0 spiro atoms. The van der Waals surface area contributed by atoms with Crippen molar-refractivity contribution in [3.05, 3.63) is 76.3 Å². The van der Waals surface area contributed by atoms with Crippen LogP contribution in [-0.2, 0) is 14.8 Å². The van der Waals surface area contributed by atoms with Gasteiger partial charge in [0.15, 0.2) is 0 Å². The summed E-state index contributed by atoms with van der Waals surface area (Å²) in [4.78, 5) is 12.2. The maximum Gasteiger partial charge on any atom is 0.255 e. The summed E-state index contributed by atoms with van der Waals surface area (Å²) in [6.07, 6.45) is 1.39. The first kappa shape index (κ1) is 21.3. The average molecular weight is 450 g/mol. The van der Waals surface area contributed by atoms with Gasteiger partial charge in [-0.1, -0.05) is 59.6 Å². The van der Waals surface area contributed by atoms with Crippen LogP contribution in [0.4, 0.5) is 0 Å². The van der Waals surface area contributed by atoms with Crippen molar-refractivity contribution in [3.8, 4) is 0 Å². The lowest BCUT2D eigenvalue weighted by Gasteiger charge is -2.16. The van der Waals surface area contributed by atoms with Gasteiger partial charge < -0.3 is 0 Å². The van der Waals surface area contributed by atoms with Crippen molar-refractivity contribution < 1.29 is 13.2 Å². The number of nitrogens with one attached hydrogen (secondary N) is 1. The first-order valence-corrected chi connectivity index (χ1v) is 10.7. The summed E-state index contributed by atoms with van der Waals surface area (Å²) < 4.78 is 26.5. The van der Waals surface area contributed by atoms with Gasteiger partial charge in [-0.15, -0.1) is 0 Å². The van der Waals surface area contributed by atoms with Crippen LogP contribution in [0.5, 0.6) is 0 Å². The van der Waals surface area contributed by atoms with E-state index in [-0.39, 0.29) is 11.4 Å². The number of rotatable bonds is 6. The van der Waals surface area contributed by atoms with Crippen molar-refractivity contribution in [2.45, 2.75) is 4.90 Å². The monoisotopic (exact) mass is 449 g/mol. The van der Waals surface area contributed by atoms with E-state index in [1.54, 1.807) is 30.3 Å². The molecule has 0 saturated carbocycles. The minimum atomic E-state index is -3.82. The number of hydrogen-bond donors (Lipinski definition) is 1. The second-order valence-corrected chi connectivity index (χ2v) is 9.10. The van der Waals surface area contributed by atoms with Crippen LogP contribution < -0.4 is 5.43 Å². The Labute approximate surface area is 178 Å². The van der Waals surface area contributed by atoms with Gasteiger partial charge in [0.2, 0.25) is 10.0 Å². The van der Waals surface area contributed by atoms with E-state index in [0.29, 0.717) is 15.6 Å². The highest BCUT2D eigenvalue weighted by Crippen LogP contribution is 2.22. The lowest BCUT2D eigenvalue weighted by Crippen LogP contribution is -2.36. The number of benzene rings is 3. The summed E-state index contributed by atoms with van der Waals surface area (Å²) >= 11 is 11.8. The topological polar surface area (TPSA) is 78.8 Å². The number of nitrogens with zero attached hydrogens (tertiary/aromatic N) is 2. The van der Waals surface area contributed by atoms with E-state index >= 15 is 0 Å². The molecule has 3 aromatic carbocycles. The zero-order valence-corrected chi connectivity index (χ0v) is 17.7. The SMILES string of the molecule is CN(CC(=O)N/N=C/c1ccc(Cl)c(Cl)c1)S(=O)(=O)c1ccc2ccccc2c1. The van der Waals surface area contributed by atoms with E-state index in [9.17, 15) is 13.2 Å². The number of likely N-dealkylation sites (N-methyl/N-ethyl adjacent to an activating group) is 1. The fourth-order valence-corrected chi connectivity index (χ4v) is 4.07. The van der Waals surface area contributed by atoms with Crippen molar-refractivity contribution in [1.29, 1.82) is 0 Å².